The number of carboxylic acids is 1. The quantitative estimate of drug-likeness (QED) is 0.671. The molecule has 0 aliphatic carbocycles. The van der Waals surface area contributed by atoms with Crippen molar-refractivity contribution >= 4 is 11.9 Å². The van der Waals surface area contributed by atoms with E-state index in [4.69, 9.17) is 5.11 Å². The first-order chi connectivity index (χ1) is 8.04. The molecule has 4 nitrogen and oxygen atoms in total. The van der Waals surface area contributed by atoms with E-state index < -0.39 is 5.97 Å². The predicted octanol–water partition coefficient (Wildman–Crippen LogP) is 2.18. The molecule has 3 atom stereocenters. The standard InChI is InChI=1S/C13H23NO3/c1-3-11-10(8-12(15)14-11)9(2)6-4-5-7-13(16)17/h9-11H,3-8H2,1-2H3,(H,14,15)(H,16,17)/t9-,10+,11-/m0/s1. The number of unbranched alkanes of at least 4 members (excludes halogenated alkanes) is 1. The van der Waals surface area contributed by atoms with Crippen molar-refractivity contribution in [3.63, 3.8) is 0 Å². The third-order valence-electron chi connectivity index (χ3n) is 3.76. The highest BCUT2D eigenvalue weighted by molar-refractivity contribution is 5.79. The molecule has 0 aromatic heterocycles. The van der Waals surface area contributed by atoms with E-state index in [0.717, 1.165) is 25.7 Å². The van der Waals surface area contributed by atoms with Gasteiger partial charge in [0.2, 0.25) is 5.91 Å². The molecule has 0 radical (unpaired) electrons. The summed E-state index contributed by atoms with van der Waals surface area (Å²) in [6.45, 7) is 4.27. The normalized spacial score (nSPS) is 25.6. The molecule has 1 amide bonds. The minimum atomic E-state index is -0.721. The maximum absolute atomic E-state index is 11.4. The highest BCUT2D eigenvalue weighted by Crippen LogP contribution is 2.30. The first-order valence-electron chi connectivity index (χ1n) is 6.55. The zero-order chi connectivity index (χ0) is 12.8. The lowest BCUT2D eigenvalue weighted by atomic mass is 9.83. The molecule has 1 saturated heterocycles. The van der Waals surface area contributed by atoms with Crippen molar-refractivity contribution in [2.45, 2.75) is 58.4 Å². The smallest absolute Gasteiger partial charge is 0.303 e. The maximum atomic E-state index is 11.4. The van der Waals surface area contributed by atoms with Crippen LogP contribution in [0, 0.1) is 11.8 Å². The fourth-order valence-electron chi connectivity index (χ4n) is 2.69. The topological polar surface area (TPSA) is 66.4 Å². The highest BCUT2D eigenvalue weighted by Gasteiger charge is 2.34. The Kier molecular flexibility index (Phi) is 5.45. The minimum absolute atomic E-state index is 0.166. The average Bonchev–Trinajstić information content (AvgIpc) is 2.65. The molecule has 0 saturated carbocycles. The molecule has 4 heteroatoms. The average molecular weight is 241 g/mol. The van der Waals surface area contributed by atoms with Crippen LogP contribution in [0.5, 0.6) is 0 Å². The van der Waals surface area contributed by atoms with Gasteiger partial charge in [0, 0.05) is 18.9 Å². The molecule has 1 fully saturated rings. The molecule has 17 heavy (non-hydrogen) atoms. The first-order valence-corrected chi connectivity index (χ1v) is 6.55. The van der Waals surface area contributed by atoms with Crippen LogP contribution in [0.15, 0.2) is 0 Å². The van der Waals surface area contributed by atoms with Crippen LogP contribution in [0.4, 0.5) is 0 Å². The third-order valence-corrected chi connectivity index (χ3v) is 3.76. The van der Waals surface area contributed by atoms with Crippen molar-refractivity contribution in [2.75, 3.05) is 0 Å². The van der Waals surface area contributed by atoms with Crippen LogP contribution in [-0.4, -0.2) is 23.0 Å². The molecule has 0 spiro atoms. The Morgan fingerprint density at radius 1 is 1.53 bits per heavy atom. The Morgan fingerprint density at radius 2 is 2.24 bits per heavy atom. The summed E-state index contributed by atoms with van der Waals surface area (Å²) in [7, 11) is 0. The third kappa shape index (κ3) is 4.36. The van der Waals surface area contributed by atoms with Gasteiger partial charge in [0.25, 0.3) is 0 Å². The lowest BCUT2D eigenvalue weighted by Gasteiger charge is -2.23. The summed E-state index contributed by atoms with van der Waals surface area (Å²) < 4.78 is 0. The van der Waals surface area contributed by atoms with Crippen LogP contribution in [0.25, 0.3) is 0 Å². The van der Waals surface area contributed by atoms with Gasteiger partial charge in [-0.3, -0.25) is 9.59 Å². The van der Waals surface area contributed by atoms with Crippen LogP contribution in [0.2, 0.25) is 0 Å². The molecule has 1 heterocycles. The molecule has 1 aliphatic heterocycles. The Morgan fingerprint density at radius 3 is 2.82 bits per heavy atom. The monoisotopic (exact) mass is 241 g/mol. The second-order valence-corrected chi connectivity index (χ2v) is 5.07. The fraction of sp³-hybridized carbons (Fsp3) is 0.846. The van der Waals surface area contributed by atoms with Gasteiger partial charge in [-0.25, -0.2) is 0 Å². The molecular weight excluding hydrogens is 218 g/mol. The summed E-state index contributed by atoms with van der Waals surface area (Å²) in [4.78, 5) is 21.7. The molecule has 0 bridgehead atoms. The number of nitrogens with one attached hydrogen (secondary N) is 1. The highest BCUT2D eigenvalue weighted by atomic mass is 16.4. The molecule has 0 aromatic rings. The van der Waals surface area contributed by atoms with Gasteiger partial charge in [-0.1, -0.05) is 26.7 Å². The summed E-state index contributed by atoms with van der Waals surface area (Å²) in [6.07, 6.45) is 4.57. The van der Waals surface area contributed by atoms with Crippen molar-refractivity contribution in [2.24, 2.45) is 11.8 Å². The van der Waals surface area contributed by atoms with E-state index in [2.05, 4.69) is 19.2 Å². The second-order valence-electron chi connectivity index (χ2n) is 5.07. The number of hydrogen-bond donors (Lipinski definition) is 2. The van der Waals surface area contributed by atoms with E-state index in [9.17, 15) is 9.59 Å². The summed E-state index contributed by atoms with van der Waals surface area (Å²) in [6, 6.07) is 0.317. The summed E-state index contributed by atoms with van der Waals surface area (Å²) in [5.74, 6) is 0.367. The molecule has 1 rings (SSSR count). The summed E-state index contributed by atoms with van der Waals surface area (Å²) >= 11 is 0. The molecular formula is C13H23NO3. The minimum Gasteiger partial charge on any atom is -0.481 e. The van der Waals surface area contributed by atoms with Gasteiger partial charge in [0.1, 0.15) is 0 Å². The van der Waals surface area contributed by atoms with Gasteiger partial charge in [0.05, 0.1) is 0 Å². The lowest BCUT2D eigenvalue weighted by Crippen LogP contribution is -2.30. The number of carboxylic acid groups (broad SMARTS) is 1. The Balaban J connectivity index is 2.29. The van der Waals surface area contributed by atoms with Gasteiger partial charge in [-0.15, -0.1) is 0 Å². The molecule has 0 aromatic carbocycles. The van der Waals surface area contributed by atoms with Crippen molar-refractivity contribution in [1.82, 2.24) is 5.32 Å². The fourth-order valence-corrected chi connectivity index (χ4v) is 2.69. The van der Waals surface area contributed by atoms with Crippen LogP contribution < -0.4 is 5.32 Å². The summed E-state index contributed by atoms with van der Waals surface area (Å²) in [5.41, 5.74) is 0. The van der Waals surface area contributed by atoms with E-state index in [1.54, 1.807) is 0 Å². The Bertz CT molecular complexity index is 278. The Labute approximate surface area is 103 Å². The van der Waals surface area contributed by atoms with E-state index in [-0.39, 0.29) is 12.3 Å². The summed E-state index contributed by atoms with van der Waals surface area (Å²) in [5, 5.41) is 11.6. The van der Waals surface area contributed by atoms with E-state index in [0.29, 0.717) is 24.3 Å². The van der Waals surface area contributed by atoms with Gasteiger partial charge < -0.3 is 10.4 Å². The zero-order valence-corrected chi connectivity index (χ0v) is 10.7. The number of carbonyl (C=O) groups is 2. The van der Waals surface area contributed by atoms with Crippen molar-refractivity contribution < 1.29 is 14.7 Å². The number of amides is 1. The SMILES string of the molecule is CC[C@@H]1NC(=O)C[C@@H]1[C@@H](C)CCCCC(=O)O. The number of carbonyl (C=O) groups excluding carboxylic acids is 1. The number of hydrogen-bond acceptors (Lipinski definition) is 2. The van der Waals surface area contributed by atoms with Gasteiger partial charge >= 0.3 is 5.97 Å². The first kappa shape index (κ1) is 14.0. The maximum Gasteiger partial charge on any atom is 0.303 e. The van der Waals surface area contributed by atoms with Gasteiger partial charge in [0.15, 0.2) is 0 Å². The van der Waals surface area contributed by atoms with E-state index >= 15 is 0 Å². The van der Waals surface area contributed by atoms with Crippen LogP contribution >= 0.6 is 0 Å². The predicted molar refractivity (Wildman–Crippen MR) is 65.6 cm³/mol. The molecule has 2 N–H and O–H groups in total. The number of rotatable bonds is 7. The Hall–Kier alpha value is -1.06. The molecule has 98 valence electrons. The van der Waals surface area contributed by atoms with Gasteiger partial charge in [-0.2, -0.15) is 0 Å². The van der Waals surface area contributed by atoms with E-state index in [1.165, 1.54) is 0 Å². The van der Waals surface area contributed by atoms with Crippen LogP contribution in [0.1, 0.15) is 52.4 Å². The van der Waals surface area contributed by atoms with Crippen molar-refractivity contribution in [3.8, 4) is 0 Å². The number of aliphatic carboxylic acids is 1. The van der Waals surface area contributed by atoms with Crippen LogP contribution in [0.3, 0.4) is 0 Å². The van der Waals surface area contributed by atoms with E-state index in [1.807, 2.05) is 0 Å². The molecule has 0 unspecified atom stereocenters. The lowest BCUT2D eigenvalue weighted by molar-refractivity contribution is -0.137. The van der Waals surface area contributed by atoms with Crippen molar-refractivity contribution in [3.05, 3.63) is 0 Å². The molecule has 1 aliphatic rings. The van der Waals surface area contributed by atoms with Crippen LogP contribution in [-0.2, 0) is 9.59 Å². The van der Waals surface area contributed by atoms with Gasteiger partial charge in [-0.05, 0) is 24.7 Å². The van der Waals surface area contributed by atoms with Crippen molar-refractivity contribution in [1.29, 1.82) is 0 Å². The largest absolute Gasteiger partial charge is 0.481 e. The second kappa shape index (κ2) is 6.62. The zero-order valence-electron chi connectivity index (χ0n) is 10.7.